The molecule has 8 nitrogen and oxygen atoms in total. The SMILES string of the molecule is C=CC(=O)N1CCC[C@@H](n2nc(C#CC(C)(O)c3ccccc3)c3c(N)ncnc32)C1. The van der Waals surface area contributed by atoms with Crippen molar-refractivity contribution in [2.45, 2.75) is 31.4 Å². The number of aromatic nitrogens is 4. The number of carbonyl (C=O) groups excluding carboxylic acids is 1. The lowest BCUT2D eigenvalue weighted by Crippen LogP contribution is -2.40. The quantitative estimate of drug-likeness (QED) is 0.499. The second kappa shape index (κ2) is 8.20. The molecule has 3 N–H and O–H groups in total. The normalized spacial score (nSPS) is 18.1. The minimum Gasteiger partial charge on any atom is -0.383 e. The van der Waals surface area contributed by atoms with Gasteiger partial charge in [-0.05, 0) is 37.3 Å². The zero-order chi connectivity index (χ0) is 22.0. The molecule has 2 aromatic heterocycles. The Kier molecular flexibility index (Phi) is 5.44. The Morgan fingerprint density at radius 3 is 2.87 bits per heavy atom. The molecule has 1 aliphatic rings. The van der Waals surface area contributed by atoms with E-state index in [0.29, 0.717) is 35.4 Å². The lowest BCUT2D eigenvalue weighted by Gasteiger charge is -2.32. The first-order valence-corrected chi connectivity index (χ1v) is 10.1. The van der Waals surface area contributed by atoms with Crippen molar-refractivity contribution in [3.05, 3.63) is 60.6 Å². The maximum Gasteiger partial charge on any atom is 0.246 e. The highest BCUT2D eigenvalue weighted by Gasteiger charge is 2.27. The van der Waals surface area contributed by atoms with Crippen molar-refractivity contribution in [2.24, 2.45) is 0 Å². The van der Waals surface area contributed by atoms with Gasteiger partial charge >= 0.3 is 0 Å². The highest BCUT2D eigenvalue weighted by Crippen LogP contribution is 2.28. The predicted molar refractivity (Wildman–Crippen MR) is 118 cm³/mol. The van der Waals surface area contributed by atoms with Crippen LogP contribution in [0.25, 0.3) is 11.0 Å². The summed E-state index contributed by atoms with van der Waals surface area (Å²) in [4.78, 5) is 22.3. The van der Waals surface area contributed by atoms with E-state index in [0.717, 1.165) is 12.8 Å². The molecular formula is C23H24N6O2. The molecule has 3 heterocycles. The van der Waals surface area contributed by atoms with Crippen LogP contribution in [-0.2, 0) is 10.4 Å². The molecular weight excluding hydrogens is 392 g/mol. The molecule has 158 valence electrons. The number of hydrogen-bond acceptors (Lipinski definition) is 6. The van der Waals surface area contributed by atoms with Gasteiger partial charge < -0.3 is 15.7 Å². The van der Waals surface area contributed by atoms with Crippen molar-refractivity contribution in [1.29, 1.82) is 0 Å². The third kappa shape index (κ3) is 4.00. The summed E-state index contributed by atoms with van der Waals surface area (Å²) in [6.45, 7) is 6.40. The Morgan fingerprint density at radius 2 is 2.13 bits per heavy atom. The molecule has 0 spiro atoms. The lowest BCUT2D eigenvalue weighted by molar-refractivity contribution is -0.127. The average Bonchev–Trinajstić information content (AvgIpc) is 3.18. The van der Waals surface area contributed by atoms with E-state index in [2.05, 4.69) is 33.5 Å². The van der Waals surface area contributed by atoms with E-state index in [1.807, 2.05) is 30.3 Å². The molecule has 31 heavy (non-hydrogen) atoms. The van der Waals surface area contributed by atoms with Crippen LogP contribution in [0.1, 0.15) is 37.1 Å². The van der Waals surface area contributed by atoms with Gasteiger partial charge in [0.05, 0.1) is 11.4 Å². The van der Waals surface area contributed by atoms with Gasteiger partial charge in [-0.1, -0.05) is 42.8 Å². The third-order valence-corrected chi connectivity index (χ3v) is 5.51. The molecule has 1 saturated heterocycles. The second-order valence-electron chi connectivity index (χ2n) is 7.72. The van der Waals surface area contributed by atoms with Gasteiger partial charge in [0, 0.05) is 13.1 Å². The Hall–Kier alpha value is -3.70. The van der Waals surface area contributed by atoms with E-state index in [1.54, 1.807) is 16.5 Å². The number of rotatable bonds is 3. The fourth-order valence-corrected chi connectivity index (χ4v) is 3.84. The summed E-state index contributed by atoms with van der Waals surface area (Å²) in [6, 6.07) is 9.14. The summed E-state index contributed by atoms with van der Waals surface area (Å²) in [7, 11) is 0. The van der Waals surface area contributed by atoms with Crippen LogP contribution in [0.5, 0.6) is 0 Å². The summed E-state index contributed by atoms with van der Waals surface area (Å²) >= 11 is 0. The highest BCUT2D eigenvalue weighted by molar-refractivity contribution is 5.90. The number of carbonyl (C=O) groups is 1. The van der Waals surface area contributed by atoms with Gasteiger partial charge in [-0.25, -0.2) is 14.6 Å². The summed E-state index contributed by atoms with van der Waals surface area (Å²) in [5.41, 5.74) is 6.42. The van der Waals surface area contributed by atoms with E-state index in [4.69, 9.17) is 5.73 Å². The summed E-state index contributed by atoms with van der Waals surface area (Å²) in [5, 5.41) is 16.1. The highest BCUT2D eigenvalue weighted by atomic mass is 16.3. The van der Waals surface area contributed by atoms with Crippen LogP contribution in [-0.4, -0.2) is 48.8 Å². The molecule has 0 saturated carbocycles. The molecule has 0 bridgehead atoms. The fourth-order valence-electron chi connectivity index (χ4n) is 3.84. The van der Waals surface area contributed by atoms with E-state index >= 15 is 0 Å². The minimum absolute atomic E-state index is 0.0698. The zero-order valence-electron chi connectivity index (χ0n) is 17.3. The maximum atomic E-state index is 12.1. The molecule has 1 unspecified atom stereocenters. The molecule has 8 heteroatoms. The number of piperidine rings is 1. The molecule has 1 aliphatic heterocycles. The lowest BCUT2D eigenvalue weighted by atomic mass is 9.97. The largest absolute Gasteiger partial charge is 0.383 e. The van der Waals surface area contributed by atoms with Crippen molar-refractivity contribution in [3.63, 3.8) is 0 Å². The van der Waals surface area contributed by atoms with Crippen molar-refractivity contribution in [1.82, 2.24) is 24.6 Å². The number of fused-ring (bicyclic) bond motifs is 1. The Bertz CT molecular complexity index is 1190. The molecule has 2 atom stereocenters. The molecule has 0 radical (unpaired) electrons. The number of anilines is 1. The van der Waals surface area contributed by atoms with Gasteiger partial charge in [0.1, 0.15) is 23.4 Å². The van der Waals surface area contributed by atoms with Crippen LogP contribution >= 0.6 is 0 Å². The van der Waals surface area contributed by atoms with Crippen LogP contribution in [0, 0.1) is 11.8 Å². The number of benzene rings is 1. The average molecular weight is 416 g/mol. The molecule has 0 aliphatic carbocycles. The first kappa shape index (κ1) is 20.6. The first-order valence-electron chi connectivity index (χ1n) is 10.1. The maximum absolute atomic E-state index is 12.1. The first-order chi connectivity index (χ1) is 14.9. The van der Waals surface area contributed by atoms with Gasteiger partial charge in [-0.3, -0.25) is 4.79 Å². The smallest absolute Gasteiger partial charge is 0.246 e. The van der Waals surface area contributed by atoms with Gasteiger partial charge in [0.15, 0.2) is 5.65 Å². The molecule has 1 aromatic carbocycles. The van der Waals surface area contributed by atoms with Crippen LogP contribution in [0.3, 0.4) is 0 Å². The van der Waals surface area contributed by atoms with Crippen molar-refractivity contribution >= 4 is 22.8 Å². The number of aliphatic hydroxyl groups is 1. The van der Waals surface area contributed by atoms with Crippen molar-refractivity contribution < 1.29 is 9.90 Å². The minimum atomic E-state index is -1.36. The Labute approximate surface area is 180 Å². The Balaban J connectivity index is 1.75. The van der Waals surface area contributed by atoms with E-state index in [1.165, 1.54) is 12.4 Å². The van der Waals surface area contributed by atoms with E-state index < -0.39 is 5.60 Å². The zero-order valence-corrected chi connectivity index (χ0v) is 17.3. The van der Waals surface area contributed by atoms with Crippen LogP contribution < -0.4 is 5.73 Å². The number of nitrogens with zero attached hydrogens (tertiary/aromatic N) is 5. The summed E-state index contributed by atoms with van der Waals surface area (Å²) in [5.74, 6) is 6.06. The van der Waals surface area contributed by atoms with Crippen LogP contribution in [0.2, 0.25) is 0 Å². The number of amides is 1. The number of likely N-dealkylation sites (tertiary alicyclic amines) is 1. The van der Waals surface area contributed by atoms with Crippen molar-refractivity contribution in [2.75, 3.05) is 18.8 Å². The number of nitrogen functional groups attached to an aromatic ring is 1. The van der Waals surface area contributed by atoms with Gasteiger partial charge in [-0.2, -0.15) is 5.10 Å². The molecule has 4 rings (SSSR count). The molecule has 1 fully saturated rings. The molecule has 1 amide bonds. The predicted octanol–water partition coefficient (Wildman–Crippen LogP) is 2.02. The standard InChI is InChI=1S/C23H24N6O2/c1-3-19(30)28-13-7-10-17(14-28)29-22-20(21(24)25-15-26-22)18(27-29)11-12-23(2,31)16-8-5-4-6-9-16/h3-6,8-9,15,17,31H,1,7,10,13-14H2,2H3,(H2,24,25,26)/t17-,23?/m1/s1. The van der Waals surface area contributed by atoms with Crippen LogP contribution in [0.4, 0.5) is 5.82 Å². The van der Waals surface area contributed by atoms with Gasteiger partial charge in [-0.15, -0.1) is 0 Å². The third-order valence-electron chi connectivity index (χ3n) is 5.51. The van der Waals surface area contributed by atoms with E-state index in [9.17, 15) is 9.90 Å². The topological polar surface area (TPSA) is 110 Å². The van der Waals surface area contributed by atoms with Gasteiger partial charge in [0.25, 0.3) is 0 Å². The second-order valence-corrected chi connectivity index (χ2v) is 7.72. The van der Waals surface area contributed by atoms with Crippen molar-refractivity contribution in [3.8, 4) is 11.8 Å². The summed E-state index contributed by atoms with van der Waals surface area (Å²) < 4.78 is 1.77. The molecule has 3 aromatic rings. The van der Waals surface area contributed by atoms with Gasteiger partial charge in [0.2, 0.25) is 5.91 Å². The fraction of sp³-hybridized carbons (Fsp3) is 0.304. The monoisotopic (exact) mass is 416 g/mol. The Morgan fingerprint density at radius 1 is 1.35 bits per heavy atom. The van der Waals surface area contributed by atoms with E-state index in [-0.39, 0.29) is 17.8 Å². The number of hydrogen-bond donors (Lipinski definition) is 2. The van der Waals surface area contributed by atoms with Crippen LogP contribution in [0.15, 0.2) is 49.3 Å². The number of nitrogens with two attached hydrogens (primary N) is 1. The summed E-state index contributed by atoms with van der Waals surface area (Å²) in [6.07, 6.45) is 4.40.